The number of carbonyl (C=O) groups excluding carboxylic acids is 1. The standard InChI is InChI=1S/C30H49NO3/c1-3-5-7-9-10-11-12-13-14-15-16-17-18-19-20-22-24-26-30(34)31-28(27-32)29(33)25-23-21-8-6-4-2/h5,7,10-11,13-14,16-17,19-20,23,25,28-29,32-33H,3-4,6,8-9,12,15,18,21-22,24,26-27H2,1-2H3,(H,31,34)/b7-5-,11-10-,14-13-,17-16-,20-19-,25-23+. The minimum Gasteiger partial charge on any atom is -0.394 e. The lowest BCUT2D eigenvalue weighted by molar-refractivity contribution is -0.122. The van der Waals surface area contributed by atoms with Gasteiger partial charge in [-0.15, -0.1) is 0 Å². The molecule has 0 aromatic heterocycles. The van der Waals surface area contributed by atoms with Gasteiger partial charge in [-0.05, 0) is 57.8 Å². The zero-order valence-corrected chi connectivity index (χ0v) is 21.6. The van der Waals surface area contributed by atoms with Crippen LogP contribution in [-0.2, 0) is 4.79 Å². The fourth-order valence-corrected chi connectivity index (χ4v) is 3.15. The number of hydrogen-bond acceptors (Lipinski definition) is 3. The number of amides is 1. The number of hydrogen-bond donors (Lipinski definition) is 3. The second kappa shape index (κ2) is 25.5. The van der Waals surface area contributed by atoms with Crippen molar-refractivity contribution in [1.29, 1.82) is 0 Å². The van der Waals surface area contributed by atoms with Crippen molar-refractivity contribution < 1.29 is 15.0 Å². The summed E-state index contributed by atoms with van der Waals surface area (Å²) in [6, 6.07) is -0.649. The van der Waals surface area contributed by atoms with Crippen LogP contribution in [0.25, 0.3) is 0 Å². The smallest absolute Gasteiger partial charge is 0.220 e. The summed E-state index contributed by atoms with van der Waals surface area (Å²) >= 11 is 0. The van der Waals surface area contributed by atoms with Gasteiger partial charge < -0.3 is 15.5 Å². The first-order valence-corrected chi connectivity index (χ1v) is 13.2. The molecule has 0 aliphatic rings. The second-order valence-corrected chi connectivity index (χ2v) is 8.37. The Bertz CT molecular complexity index is 643. The molecule has 192 valence electrons. The maximum Gasteiger partial charge on any atom is 0.220 e. The van der Waals surface area contributed by atoms with Crippen LogP contribution in [0.4, 0.5) is 0 Å². The highest BCUT2D eigenvalue weighted by Crippen LogP contribution is 2.04. The number of unbranched alkanes of at least 4 members (excludes halogenated alkanes) is 4. The van der Waals surface area contributed by atoms with Gasteiger partial charge in [-0.25, -0.2) is 0 Å². The van der Waals surface area contributed by atoms with Crippen molar-refractivity contribution in [3.63, 3.8) is 0 Å². The molecule has 4 nitrogen and oxygen atoms in total. The van der Waals surface area contributed by atoms with Crippen molar-refractivity contribution in [1.82, 2.24) is 5.32 Å². The number of aliphatic hydroxyl groups excluding tert-OH is 2. The van der Waals surface area contributed by atoms with E-state index in [-0.39, 0.29) is 12.5 Å². The molecule has 0 fully saturated rings. The number of allylic oxidation sites excluding steroid dienone is 11. The van der Waals surface area contributed by atoms with E-state index in [9.17, 15) is 15.0 Å². The van der Waals surface area contributed by atoms with Gasteiger partial charge in [0, 0.05) is 6.42 Å². The molecule has 0 spiro atoms. The third kappa shape index (κ3) is 21.7. The lowest BCUT2D eigenvalue weighted by Gasteiger charge is -2.19. The van der Waals surface area contributed by atoms with E-state index < -0.39 is 12.1 Å². The second-order valence-electron chi connectivity index (χ2n) is 8.37. The minimum atomic E-state index is -0.860. The first-order valence-electron chi connectivity index (χ1n) is 13.2. The highest BCUT2D eigenvalue weighted by Gasteiger charge is 2.17. The molecule has 1 amide bonds. The summed E-state index contributed by atoms with van der Waals surface area (Å²) in [5.41, 5.74) is 0. The van der Waals surface area contributed by atoms with Gasteiger partial charge in [0.1, 0.15) is 0 Å². The van der Waals surface area contributed by atoms with E-state index in [0.29, 0.717) is 6.42 Å². The molecule has 0 aromatic carbocycles. The molecule has 34 heavy (non-hydrogen) atoms. The van der Waals surface area contributed by atoms with Crippen LogP contribution in [0.5, 0.6) is 0 Å². The monoisotopic (exact) mass is 471 g/mol. The van der Waals surface area contributed by atoms with Gasteiger partial charge in [0.15, 0.2) is 0 Å². The van der Waals surface area contributed by atoms with Crippen LogP contribution in [0.15, 0.2) is 72.9 Å². The van der Waals surface area contributed by atoms with Crippen LogP contribution in [0, 0.1) is 0 Å². The Kier molecular flexibility index (Phi) is 23.8. The van der Waals surface area contributed by atoms with Crippen molar-refractivity contribution in [3.8, 4) is 0 Å². The molecule has 3 N–H and O–H groups in total. The van der Waals surface area contributed by atoms with Crippen LogP contribution in [0.2, 0.25) is 0 Å². The zero-order chi connectivity index (χ0) is 25.1. The van der Waals surface area contributed by atoms with Crippen LogP contribution in [-0.4, -0.2) is 34.9 Å². The van der Waals surface area contributed by atoms with Crippen LogP contribution in [0.1, 0.15) is 90.9 Å². The van der Waals surface area contributed by atoms with Gasteiger partial charge in [-0.3, -0.25) is 4.79 Å². The first kappa shape index (κ1) is 31.8. The molecule has 0 aliphatic carbocycles. The molecule has 2 atom stereocenters. The first-order chi connectivity index (χ1) is 16.7. The summed E-state index contributed by atoms with van der Waals surface area (Å²) < 4.78 is 0. The molecule has 0 radical (unpaired) electrons. The molecular formula is C30H49NO3. The zero-order valence-electron chi connectivity index (χ0n) is 21.6. The van der Waals surface area contributed by atoms with E-state index in [1.165, 1.54) is 6.42 Å². The lowest BCUT2D eigenvalue weighted by atomic mass is 10.1. The molecule has 4 heteroatoms. The maximum absolute atomic E-state index is 12.1. The molecule has 0 aliphatic heterocycles. The highest BCUT2D eigenvalue weighted by atomic mass is 16.3. The third-order valence-corrected chi connectivity index (χ3v) is 5.20. The fraction of sp³-hybridized carbons (Fsp3) is 0.567. The number of carbonyl (C=O) groups is 1. The fourth-order valence-electron chi connectivity index (χ4n) is 3.15. The molecule has 0 aromatic rings. The van der Waals surface area contributed by atoms with E-state index in [1.807, 2.05) is 6.08 Å². The Balaban J connectivity index is 3.86. The average Bonchev–Trinajstić information content (AvgIpc) is 2.84. The molecule has 2 unspecified atom stereocenters. The van der Waals surface area contributed by atoms with Crippen molar-refractivity contribution in [2.45, 2.75) is 103 Å². The molecule has 0 saturated carbocycles. The number of rotatable bonds is 21. The quantitative estimate of drug-likeness (QED) is 0.126. The van der Waals surface area contributed by atoms with Gasteiger partial charge in [0.05, 0.1) is 18.8 Å². The Morgan fingerprint density at radius 2 is 1.26 bits per heavy atom. The molecular weight excluding hydrogens is 422 g/mol. The van der Waals surface area contributed by atoms with Crippen LogP contribution in [0.3, 0.4) is 0 Å². The molecule has 0 heterocycles. The van der Waals surface area contributed by atoms with Crippen molar-refractivity contribution in [2.75, 3.05) is 6.61 Å². The third-order valence-electron chi connectivity index (χ3n) is 5.20. The average molecular weight is 472 g/mol. The number of nitrogens with one attached hydrogen (secondary N) is 1. The molecule has 0 bridgehead atoms. The highest BCUT2D eigenvalue weighted by molar-refractivity contribution is 5.76. The maximum atomic E-state index is 12.1. The summed E-state index contributed by atoms with van der Waals surface area (Å²) in [4.78, 5) is 12.1. The summed E-state index contributed by atoms with van der Waals surface area (Å²) in [7, 11) is 0. The molecule has 0 saturated heterocycles. The summed E-state index contributed by atoms with van der Waals surface area (Å²) in [5, 5.41) is 22.4. The Morgan fingerprint density at radius 1 is 0.735 bits per heavy atom. The predicted octanol–water partition coefficient (Wildman–Crippen LogP) is 6.88. The van der Waals surface area contributed by atoms with E-state index in [4.69, 9.17) is 0 Å². The van der Waals surface area contributed by atoms with Crippen molar-refractivity contribution in [3.05, 3.63) is 72.9 Å². The van der Waals surface area contributed by atoms with E-state index in [0.717, 1.165) is 64.2 Å². The van der Waals surface area contributed by atoms with E-state index in [2.05, 4.69) is 79.9 Å². The van der Waals surface area contributed by atoms with E-state index >= 15 is 0 Å². The van der Waals surface area contributed by atoms with Gasteiger partial charge in [0.2, 0.25) is 5.91 Å². The normalized spacial score (nSPS) is 14.6. The summed E-state index contributed by atoms with van der Waals surface area (Å²) in [5.74, 6) is -0.134. The Morgan fingerprint density at radius 3 is 1.79 bits per heavy atom. The summed E-state index contributed by atoms with van der Waals surface area (Å²) in [6.45, 7) is 4.02. The lowest BCUT2D eigenvalue weighted by Crippen LogP contribution is -2.45. The van der Waals surface area contributed by atoms with Crippen molar-refractivity contribution >= 4 is 5.91 Å². The topological polar surface area (TPSA) is 69.6 Å². The Labute approximate surface area is 208 Å². The van der Waals surface area contributed by atoms with Gasteiger partial charge >= 0.3 is 0 Å². The van der Waals surface area contributed by atoms with Gasteiger partial charge in [-0.2, -0.15) is 0 Å². The Hall–Kier alpha value is -2.17. The summed E-state index contributed by atoms with van der Waals surface area (Å²) in [6.07, 6.45) is 35.7. The number of aliphatic hydroxyl groups is 2. The SMILES string of the molecule is CC/C=C\C/C=C\C/C=C\C/C=C\C/C=C\CCCC(=O)NC(CO)C(O)/C=C/CCCCC. The minimum absolute atomic E-state index is 0.134. The van der Waals surface area contributed by atoms with E-state index in [1.54, 1.807) is 6.08 Å². The van der Waals surface area contributed by atoms with Crippen molar-refractivity contribution in [2.24, 2.45) is 0 Å². The predicted molar refractivity (Wildman–Crippen MR) is 147 cm³/mol. The van der Waals surface area contributed by atoms with Crippen LogP contribution >= 0.6 is 0 Å². The largest absolute Gasteiger partial charge is 0.394 e. The van der Waals surface area contributed by atoms with Crippen LogP contribution < -0.4 is 5.32 Å². The van der Waals surface area contributed by atoms with Gasteiger partial charge in [0.25, 0.3) is 0 Å². The molecule has 0 rings (SSSR count). The van der Waals surface area contributed by atoms with Gasteiger partial charge in [-0.1, -0.05) is 99.6 Å².